The van der Waals surface area contributed by atoms with Crippen LogP contribution >= 0.6 is 0 Å². The number of anilines is 1. The third-order valence-electron chi connectivity index (χ3n) is 3.59. The Morgan fingerprint density at radius 1 is 1.17 bits per heavy atom. The number of ether oxygens (including phenoxy) is 1. The minimum Gasteiger partial charge on any atom is -0.495 e. The van der Waals surface area contributed by atoms with Crippen molar-refractivity contribution in [1.82, 2.24) is 5.32 Å². The molecule has 2 rings (SSSR count). The van der Waals surface area contributed by atoms with E-state index in [1.165, 1.54) is 36.9 Å². The molecule has 3 heteroatoms. The third kappa shape index (κ3) is 2.96. The molecule has 1 aliphatic rings. The van der Waals surface area contributed by atoms with E-state index in [0.29, 0.717) is 0 Å². The van der Waals surface area contributed by atoms with Crippen LogP contribution in [0.15, 0.2) is 18.2 Å². The molecular formula is C15H24N2O. The minimum absolute atomic E-state index is 0.892. The van der Waals surface area contributed by atoms with Crippen LogP contribution in [-0.4, -0.2) is 27.2 Å². The van der Waals surface area contributed by atoms with E-state index in [9.17, 15) is 0 Å². The average molecular weight is 248 g/mol. The second-order valence-corrected chi connectivity index (χ2v) is 4.90. The van der Waals surface area contributed by atoms with E-state index in [-0.39, 0.29) is 0 Å². The van der Waals surface area contributed by atoms with Gasteiger partial charge in [0.15, 0.2) is 0 Å². The van der Waals surface area contributed by atoms with Crippen molar-refractivity contribution in [3.8, 4) is 5.75 Å². The lowest BCUT2D eigenvalue weighted by molar-refractivity contribution is 0.413. The molecule has 0 saturated carbocycles. The third-order valence-corrected chi connectivity index (χ3v) is 3.59. The topological polar surface area (TPSA) is 24.5 Å². The number of benzene rings is 1. The minimum atomic E-state index is 0.892. The van der Waals surface area contributed by atoms with Crippen LogP contribution in [0.5, 0.6) is 5.75 Å². The molecule has 0 unspecified atom stereocenters. The van der Waals surface area contributed by atoms with Crippen LogP contribution in [0.1, 0.15) is 31.2 Å². The maximum atomic E-state index is 5.56. The Morgan fingerprint density at radius 2 is 1.89 bits per heavy atom. The second kappa shape index (κ2) is 6.64. The zero-order valence-electron chi connectivity index (χ0n) is 11.5. The van der Waals surface area contributed by atoms with Crippen LogP contribution in [0.4, 0.5) is 5.69 Å². The largest absolute Gasteiger partial charge is 0.495 e. The Labute approximate surface area is 110 Å². The summed E-state index contributed by atoms with van der Waals surface area (Å²) in [5, 5.41) is 3.25. The summed E-state index contributed by atoms with van der Waals surface area (Å²) in [5.74, 6) is 1.00. The van der Waals surface area contributed by atoms with Gasteiger partial charge in [-0.05, 0) is 31.5 Å². The van der Waals surface area contributed by atoms with Crippen molar-refractivity contribution in [3.63, 3.8) is 0 Å². The lowest BCUT2D eigenvalue weighted by atomic mass is 10.1. The first kappa shape index (κ1) is 13.2. The van der Waals surface area contributed by atoms with Gasteiger partial charge in [0.05, 0.1) is 12.8 Å². The summed E-state index contributed by atoms with van der Waals surface area (Å²) in [7, 11) is 3.76. The van der Waals surface area contributed by atoms with Gasteiger partial charge >= 0.3 is 0 Å². The van der Waals surface area contributed by atoms with Crippen molar-refractivity contribution < 1.29 is 4.74 Å². The molecule has 3 nitrogen and oxygen atoms in total. The van der Waals surface area contributed by atoms with Crippen molar-refractivity contribution >= 4 is 5.69 Å². The van der Waals surface area contributed by atoms with E-state index in [1.54, 1.807) is 7.11 Å². The lowest BCUT2D eigenvalue weighted by Crippen LogP contribution is -2.26. The summed E-state index contributed by atoms with van der Waals surface area (Å²) in [5.41, 5.74) is 2.62. The molecule has 0 bridgehead atoms. The maximum Gasteiger partial charge on any atom is 0.142 e. The van der Waals surface area contributed by atoms with Gasteiger partial charge in [-0.15, -0.1) is 0 Å². The number of hydrogen-bond acceptors (Lipinski definition) is 3. The van der Waals surface area contributed by atoms with Crippen molar-refractivity contribution in [2.75, 3.05) is 32.1 Å². The van der Waals surface area contributed by atoms with Crippen LogP contribution in [0, 0.1) is 0 Å². The highest BCUT2D eigenvalue weighted by Crippen LogP contribution is 2.33. The molecule has 1 aromatic carbocycles. The van der Waals surface area contributed by atoms with Gasteiger partial charge in [0.25, 0.3) is 0 Å². The van der Waals surface area contributed by atoms with Crippen molar-refractivity contribution in [1.29, 1.82) is 0 Å². The summed E-state index contributed by atoms with van der Waals surface area (Å²) in [6, 6.07) is 6.34. The summed E-state index contributed by atoms with van der Waals surface area (Å²) in [6.07, 6.45) is 5.29. The fourth-order valence-electron chi connectivity index (χ4n) is 2.72. The van der Waals surface area contributed by atoms with E-state index in [2.05, 4.69) is 28.4 Å². The van der Waals surface area contributed by atoms with Crippen molar-refractivity contribution in [3.05, 3.63) is 23.8 Å². The Morgan fingerprint density at radius 3 is 2.50 bits per heavy atom. The van der Waals surface area contributed by atoms with E-state index < -0.39 is 0 Å². The molecule has 1 saturated heterocycles. The summed E-state index contributed by atoms with van der Waals surface area (Å²) in [6.45, 7) is 3.19. The highest BCUT2D eigenvalue weighted by Gasteiger charge is 2.17. The monoisotopic (exact) mass is 248 g/mol. The number of nitrogens with one attached hydrogen (secondary N) is 1. The Balaban J connectivity index is 2.31. The second-order valence-electron chi connectivity index (χ2n) is 4.90. The zero-order valence-corrected chi connectivity index (χ0v) is 11.5. The Hall–Kier alpha value is -1.22. The van der Waals surface area contributed by atoms with Crippen LogP contribution in [0.2, 0.25) is 0 Å². The summed E-state index contributed by atoms with van der Waals surface area (Å²) in [4.78, 5) is 2.50. The predicted molar refractivity (Wildman–Crippen MR) is 76.4 cm³/mol. The van der Waals surface area contributed by atoms with E-state index in [4.69, 9.17) is 4.74 Å². The number of nitrogens with zero attached hydrogens (tertiary/aromatic N) is 1. The van der Waals surface area contributed by atoms with Gasteiger partial charge in [-0.2, -0.15) is 0 Å². The van der Waals surface area contributed by atoms with Gasteiger partial charge in [0, 0.05) is 19.6 Å². The molecule has 1 aliphatic heterocycles. The van der Waals surface area contributed by atoms with Gasteiger partial charge in [0.2, 0.25) is 0 Å². The Bertz CT molecular complexity index is 371. The molecule has 0 spiro atoms. The van der Waals surface area contributed by atoms with Crippen molar-refractivity contribution in [2.45, 2.75) is 32.2 Å². The van der Waals surface area contributed by atoms with E-state index >= 15 is 0 Å². The summed E-state index contributed by atoms with van der Waals surface area (Å²) < 4.78 is 5.56. The number of methoxy groups -OCH3 is 1. The molecule has 1 N–H and O–H groups in total. The molecule has 18 heavy (non-hydrogen) atoms. The van der Waals surface area contributed by atoms with Gasteiger partial charge in [-0.25, -0.2) is 0 Å². The van der Waals surface area contributed by atoms with Gasteiger partial charge < -0.3 is 15.0 Å². The standard InChI is InChI=1S/C15H24N2O/c1-16-12-13-8-7-9-14(18-2)15(13)17-10-5-3-4-6-11-17/h7-9,16H,3-6,10-12H2,1-2H3. The quantitative estimate of drug-likeness (QED) is 0.886. The molecule has 0 aromatic heterocycles. The van der Waals surface area contributed by atoms with Crippen LogP contribution in [0.25, 0.3) is 0 Å². The molecule has 0 amide bonds. The van der Waals surface area contributed by atoms with E-state index in [0.717, 1.165) is 25.4 Å². The van der Waals surface area contributed by atoms with Crippen LogP contribution < -0.4 is 15.0 Å². The average Bonchev–Trinajstić information content (AvgIpc) is 2.67. The first-order valence-electron chi connectivity index (χ1n) is 6.92. The SMILES string of the molecule is CNCc1cccc(OC)c1N1CCCCCC1. The molecule has 0 atom stereocenters. The van der Waals surface area contributed by atoms with Crippen molar-refractivity contribution in [2.24, 2.45) is 0 Å². The van der Waals surface area contributed by atoms with Gasteiger partial charge in [-0.1, -0.05) is 25.0 Å². The van der Waals surface area contributed by atoms with Crippen LogP contribution in [0.3, 0.4) is 0 Å². The lowest BCUT2D eigenvalue weighted by Gasteiger charge is -2.27. The number of hydrogen-bond donors (Lipinski definition) is 1. The molecule has 1 heterocycles. The first-order valence-corrected chi connectivity index (χ1v) is 6.92. The smallest absolute Gasteiger partial charge is 0.142 e. The number of rotatable bonds is 4. The molecular weight excluding hydrogens is 224 g/mol. The van der Waals surface area contributed by atoms with Gasteiger partial charge in [0.1, 0.15) is 5.75 Å². The zero-order chi connectivity index (χ0) is 12.8. The fourth-order valence-corrected chi connectivity index (χ4v) is 2.72. The summed E-state index contributed by atoms with van der Waals surface area (Å²) >= 11 is 0. The Kier molecular flexibility index (Phi) is 4.88. The molecule has 1 fully saturated rings. The molecule has 1 aromatic rings. The van der Waals surface area contributed by atoms with Crippen LogP contribution in [-0.2, 0) is 6.54 Å². The van der Waals surface area contributed by atoms with E-state index in [1.807, 2.05) is 7.05 Å². The first-order chi connectivity index (χ1) is 8.86. The molecule has 0 radical (unpaired) electrons. The maximum absolute atomic E-state index is 5.56. The highest BCUT2D eigenvalue weighted by molar-refractivity contribution is 5.64. The fraction of sp³-hybridized carbons (Fsp3) is 0.600. The molecule has 0 aliphatic carbocycles. The normalized spacial score (nSPS) is 16.4. The predicted octanol–water partition coefficient (Wildman–Crippen LogP) is 2.80. The molecule has 100 valence electrons. The number of para-hydroxylation sites is 1. The van der Waals surface area contributed by atoms with Gasteiger partial charge in [-0.3, -0.25) is 0 Å². The highest BCUT2D eigenvalue weighted by atomic mass is 16.5.